The Bertz CT molecular complexity index is 315. The fourth-order valence-electron chi connectivity index (χ4n) is 4.83. The number of carbonyl (C=O) groups excluding carboxylic acids is 1. The number of rotatable bonds is 3. The second-order valence-corrected chi connectivity index (χ2v) is 6.55. The van der Waals surface area contributed by atoms with E-state index in [0.717, 1.165) is 5.92 Å². The molecule has 17 heavy (non-hydrogen) atoms. The van der Waals surface area contributed by atoms with E-state index >= 15 is 0 Å². The van der Waals surface area contributed by atoms with Crippen LogP contribution < -0.4 is 5.90 Å². The Balaban J connectivity index is 1.69. The number of hydrogen-bond donors (Lipinski definition) is 1. The van der Waals surface area contributed by atoms with Crippen molar-refractivity contribution in [2.45, 2.75) is 45.1 Å². The molecule has 0 amide bonds. The van der Waals surface area contributed by atoms with Crippen molar-refractivity contribution in [3.63, 3.8) is 0 Å². The van der Waals surface area contributed by atoms with Gasteiger partial charge in [0.2, 0.25) is 0 Å². The fraction of sp³-hybridized carbons (Fsp3) is 0.923. The molecular weight excluding hydrogens is 218 g/mol. The van der Waals surface area contributed by atoms with Crippen molar-refractivity contribution < 1.29 is 14.4 Å². The molecule has 4 aliphatic carbocycles. The zero-order valence-electron chi connectivity index (χ0n) is 10.4. The number of ether oxygens (including phenoxy) is 1. The van der Waals surface area contributed by atoms with Crippen molar-refractivity contribution in [3.8, 4) is 0 Å². The highest BCUT2D eigenvalue weighted by atomic mass is 16.6. The molecule has 2 unspecified atom stereocenters. The summed E-state index contributed by atoms with van der Waals surface area (Å²) >= 11 is 0. The van der Waals surface area contributed by atoms with E-state index in [1.807, 2.05) is 0 Å². The summed E-state index contributed by atoms with van der Waals surface area (Å²) < 4.78 is 5.57. The van der Waals surface area contributed by atoms with E-state index < -0.39 is 0 Å². The van der Waals surface area contributed by atoms with Gasteiger partial charge in [-0.05, 0) is 55.3 Å². The van der Waals surface area contributed by atoms with Gasteiger partial charge in [0.1, 0.15) is 6.10 Å². The molecule has 0 aromatic heterocycles. The largest absolute Gasteiger partial charge is 0.460 e. The molecule has 4 rings (SSSR count). The summed E-state index contributed by atoms with van der Waals surface area (Å²) in [6.45, 7) is 2.27. The molecule has 4 fully saturated rings. The molecule has 0 heterocycles. The molecule has 4 bridgehead atoms. The Kier molecular flexibility index (Phi) is 2.67. The van der Waals surface area contributed by atoms with Crippen LogP contribution in [0.1, 0.15) is 39.0 Å². The fourth-order valence-corrected chi connectivity index (χ4v) is 4.83. The Morgan fingerprint density at radius 1 is 1.29 bits per heavy atom. The predicted octanol–water partition coefficient (Wildman–Crippen LogP) is 1.63. The van der Waals surface area contributed by atoms with Crippen LogP contribution in [0.25, 0.3) is 0 Å². The molecular formula is C13H21NO3. The van der Waals surface area contributed by atoms with E-state index in [2.05, 4.69) is 11.8 Å². The third-order valence-electron chi connectivity index (χ3n) is 4.96. The lowest BCUT2D eigenvalue weighted by Gasteiger charge is -2.58. The minimum absolute atomic E-state index is 0.127. The maximum absolute atomic E-state index is 11.5. The Morgan fingerprint density at radius 2 is 1.94 bits per heavy atom. The van der Waals surface area contributed by atoms with Crippen molar-refractivity contribution in [2.24, 2.45) is 29.1 Å². The molecule has 2 N–H and O–H groups in total. The van der Waals surface area contributed by atoms with Gasteiger partial charge in [-0.3, -0.25) is 4.84 Å². The van der Waals surface area contributed by atoms with Crippen molar-refractivity contribution in [2.75, 3.05) is 6.61 Å². The monoisotopic (exact) mass is 239 g/mol. The first-order chi connectivity index (χ1) is 8.09. The highest BCUT2D eigenvalue weighted by Crippen LogP contribution is 2.60. The summed E-state index contributed by atoms with van der Waals surface area (Å²) in [5.74, 6) is 6.62. The van der Waals surface area contributed by atoms with E-state index in [1.54, 1.807) is 0 Å². The normalized spacial score (nSPS) is 47.2. The van der Waals surface area contributed by atoms with Crippen molar-refractivity contribution in [1.82, 2.24) is 0 Å². The van der Waals surface area contributed by atoms with Gasteiger partial charge >= 0.3 is 5.97 Å². The topological polar surface area (TPSA) is 61.5 Å². The summed E-state index contributed by atoms with van der Waals surface area (Å²) in [4.78, 5) is 15.8. The summed E-state index contributed by atoms with van der Waals surface area (Å²) in [6, 6.07) is 0. The van der Waals surface area contributed by atoms with Crippen LogP contribution in [0.2, 0.25) is 0 Å². The summed E-state index contributed by atoms with van der Waals surface area (Å²) in [5.41, 5.74) is 0.518. The summed E-state index contributed by atoms with van der Waals surface area (Å²) in [7, 11) is 0. The lowest BCUT2D eigenvalue weighted by atomic mass is 9.49. The maximum atomic E-state index is 11.5. The molecule has 96 valence electrons. The molecule has 0 aromatic carbocycles. The van der Waals surface area contributed by atoms with Crippen LogP contribution >= 0.6 is 0 Å². The number of hydrogen-bond acceptors (Lipinski definition) is 4. The van der Waals surface area contributed by atoms with Gasteiger partial charge in [0.25, 0.3) is 0 Å². The molecule has 0 saturated heterocycles. The van der Waals surface area contributed by atoms with Crippen molar-refractivity contribution in [3.05, 3.63) is 0 Å². The van der Waals surface area contributed by atoms with Gasteiger partial charge in [-0.25, -0.2) is 10.7 Å². The zero-order valence-corrected chi connectivity index (χ0v) is 10.4. The number of nitrogens with two attached hydrogens (primary N) is 1. The molecule has 0 aliphatic heterocycles. The lowest BCUT2D eigenvalue weighted by molar-refractivity contribution is -0.183. The van der Waals surface area contributed by atoms with E-state index in [0.29, 0.717) is 17.3 Å². The number of esters is 1. The van der Waals surface area contributed by atoms with Crippen molar-refractivity contribution >= 4 is 5.97 Å². The molecule has 2 atom stereocenters. The van der Waals surface area contributed by atoms with Crippen LogP contribution in [0.5, 0.6) is 0 Å². The standard InChI is InChI=1S/C13H21NO3/c1-13-4-8-2-9(5-13)12(10(3-8)6-13)17-11(15)7-16-14/h8-10,12H,2-7,14H2,1H3. The molecule has 4 heteroatoms. The summed E-state index contributed by atoms with van der Waals surface area (Å²) in [6.07, 6.45) is 6.44. The van der Waals surface area contributed by atoms with Crippen LogP contribution in [0.15, 0.2) is 0 Å². The van der Waals surface area contributed by atoms with E-state index in [-0.39, 0.29) is 18.7 Å². The Labute approximate surface area is 102 Å². The first-order valence-corrected chi connectivity index (χ1v) is 6.61. The molecule has 0 spiro atoms. The average molecular weight is 239 g/mol. The van der Waals surface area contributed by atoms with Crippen LogP contribution in [-0.4, -0.2) is 18.7 Å². The van der Waals surface area contributed by atoms with Crippen molar-refractivity contribution in [1.29, 1.82) is 0 Å². The van der Waals surface area contributed by atoms with Gasteiger partial charge in [0, 0.05) is 0 Å². The van der Waals surface area contributed by atoms with E-state index in [4.69, 9.17) is 10.6 Å². The van der Waals surface area contributed by atoms with Crippen LogP contribution in [0.3, 0.4) is 0 Å². The molecule has 0 radical (unpaired) electrons. The molecule has 4 nitrogen and oxygen atoms in total. The SMILES string of the molecule is CC12CC3CC(C1)C(OC(=O)CON)C(C3)C2. The highest BCUT2D eigenvalue weighted by molar-refractivity contribution is 5.70. The highest BCUT2D eigenvalue weighted by Gasteiger charge is 2.54. The number of carbonyl (C=O) groups is 1. The van der Waals surface area contributed by atoms with Crippen LogP contribution in [-0.2, 0) is 14.4 Å². The van der Waals surface area contributed by atoms with Gasteiger partial charge < -0.3 is 4.74 Å². The minimum Gasteiger partial charge on any atom is -0.460 e. The van der Waals surface area contributed by atoms with Crippen LogP contribution in [0.4, 0.5) is 0 Å². The lowest BCUT2D eigenvalue weighted by Crippen LogP contribution is -2.54. The van der Waals surface area contributed by atoms with Gasteiger partial charge in [-0.15, -0.1) is 0 Å². The van der Waals surface area contributed by atoms with Gasteiger partial charge in [-0.1, -0.05) is 6.92 Å². The quantitative estimate of drug-likeness (QED) is 0.600. The molecule has 4 aliphatic rings. The van der Waals surface area contributed by atoms with E-state index in [1.165, 1.54) is 32.1 Å². The predicted molar refractivity (Wildman–Crippen MR) is 61.7 cm³/mol. The molecule has 4 saturated carbocycles. The molecule has 0 aromatic rings. The third-order valence-corrected chi connectivity index (χ3v) is 4.96. The first kappa shape index (κ1) is 11.5. The average Bonchev–Trinajstić information content (AvgIpc) is 2.21. The van der Waals surface area contributed by atoms with Gasteiger partial charge in [0.05, 0.1) is 0 Å². The van der Waals surface area contributed by atoms with Crippen LogP contribution in [0, 0.1) is 23.2 Å². The summed E-state index contributed by atoms with van der Waals surface area (Å²) in [5, 5.41) is 0. The second kappa shape index (κ2) is 3.95. The van der Waals surface area contributed by atoms with Gasteiger partial charge in [-0.2, -0.15) is 0 Å². The van der Waals surface area contributed by atoms with E-state index in [9.17, 15) is 4.79 Å². The third kappa shape index (κ3) is 1.97. The first-order valence-electron chi connectivity index (χ1n) is 6.61. The minimum atomic E-state index is -0.310. The second-order valence-electron chi connectivity index (χ2n) is 6.55. The zero-order chi connectivity index (χ0) is 12.0. The Morgan fingerprint density at radius 3 is 2.47 bits per heavy atom. The van der Waals surface area contributed by atoms with Gasteiger partial charge in [0.15, 0.2) is 6.61 Å². The Hall–Kier alpha value is -0.610. The maximum Gasteiger partial charge on any atom is 0.334 e. The smallest absolute Gasteiger partial charge is 0.334 e.